The van der Waals surface area contributed by atoms with E-state index in [1.165, 1.54) is 24.2 Å². The van der Waals surface area contributed by atoms with Gasteiger partial charge in [0.15, 0.2) is 0 Å². The number of benzene rings is 1. The number of carboxylic acid groups (broad SMARTS) is 1. The van der Waals surface area contributed by atoms with Gasteiger partial charge in [-0.05, 0) is 48.9 Å². The number of aryl methyl sites for hydroxylation is 1. The van der Waals surface area contributed by atoms with E-state index in [1.807, 2.05) is 30.3 Å². The van der Waals surface area contributed by atoms with Crippen molar-refractivity contribution in [2.75, 3.05) is 0 Å². The second kappa shape index (κ2) is 12.7. The molecule has 2 aromatic rings. The van der Waals surface area contributed by atoms with Gasteiger partial charge >= 0.3 is 5.97 Å². The molecule has 1 aromatic heterocycles. The van der Waals surface area contributed by atoms with E-state index in [4.69, 9.17) is 5.11 Å². The molecule has 1 aliphatic rings. The monoisotopic (exact) mass is 430 g/mol. The van der Waals surface area contributed by atoms with E-state index in [1.54, 1.807) is 6.07 Å². The number of rotatable bonds is 9. The number of carbonyl (C=O) groups is 2. The highest BCUT2D eigenvalue weighted by molar-refractivity contribution is 7.13. The van der Waals surface area contributed by atoms with Crippen molar-refractivity contribution >= 4 is 23.1 Å². The van der Waals surface area contributed by atoms with Crippen LogP contribution >= 0.6 is 11.3 Å². The molecule has 0 spiro atoms. The second-order valence-electron chi connectivity index (χ2n) is 7.91. The van der Waals surface area contributed by atoms with E-state index in [0.717, 1.165) is 60.9 Å². The molecule has 3 rings (SSSR count). The Kier molecular flexibility index (Phi) is 10.2. The van der Waals surface area contributed by atoms with Crippen molar-refractivity contribution < 1.29 is 19.8 Å². The molecule has 0 aliphatic heterocycles. The van der Waals surface area contributed by atoms with Crippen molar-refractivity contribution in [2.24, 2.45) is 0 Å². The van der Waals surface area contributed by atoms with Crippen molar-refractivity contribution in [3.8, 4) is 0 Å². The SMILES string of the molecule is CCCCCC(O)c1ccc(C2CCCC2=O)cc1.CCCc1ccc(C(=O)O)s1. The number of aliphatic hydroxyl groups excluding tert-OH is 1. The summed E-state index contributed by atoms with van der Waals surface area (Å²) in [6, 6.07) is 11.6. The third-order valence-corrected chi connectivity index (χ3v) is 6.61. The highest BCUT2D eigenvalue weighted by atomic mass is 32.1. The minimum Gasteiger partial charge on any atom is -0.477 e. The lowest BCUT2D eigenvalue weighted by molar-refractivity contribution is -0.118. The Morgan fingerprint density at radius 2 is 1.83 bits per heavy atom. The molecule has 1 fully saturated rings. The number of Topliss-reactive ketones (excluding diaryl/α,β-unsaturated/α-hetero) is 1. The zero-order valence-electron chi connectivity index (χ0n) is 18.1. The minimum absolute atomic E-state index is 0.103. The minimum atomic E-state index is -0.822. The second-order valence-corrected chi connectivity index (χ2v) is 9.08. The summed E-state index contributed by atoms with van der Waals surface area (Å²) in [4.78, 5) is 23.7. The van der Waals surface area contributed by atoms with Crippen LogP contribution in [0, 0.1) is 0 Å². The van der Waals surface area contributed by atoms with E-state index in [0.29, 0.717) is 10.7 Å². The van der Waals surface area contributed by atoms with Crippen LogP contribution in [0.1, 0.15) is 103 Å². The van der Waals surface area contributed by atoms with E-state index in [2.05, 4.69) is 13.8 Å². The van der Waals surface area contributed by atoms with E-state index < -0.39 is 5.97 Å². The maximum atomic E-state index is 11.7. The lowest BCUT2D eigenvalue weighted by Crippen LogP contribution is -2.05. The van der Waals surface area contributed by atoms with Gasteiger partial charge in [-0.3, -0.25) is 4.79 Å². The molecule has 30 heavy (non-hydrogen) atoms. The third kappa shape index (κ3) is 7.37. The molecule has 1 heterocycles. The number of carbonyl (C=O) groups excluding carboxylic acids is 1. The van der Waals surface area contributed by atoms with Crippen LogP contribution in [-0.2, 0) is 11.2 Å². The van der Waals surface area contributed by atoms with Gasteiger partial charge < -0.3 is 10.2 Å². The fourth-order valence-corrected chi connectivity index (χ4v) is 4.69. The molecular formula is C25H34O4S. The molecule has 2 unspecified atom stereocenters. The number of unbranched alkanes of at least 4 members (excludes halogenated alkanes) is 2. The average molecular weight is 431 g/mol. The summed E-state index contributed by atoms with van der Waals surface area (Å²) in [5, 5.41) is 18.7. The first-order valence-corrected chi connectivity index (χ1v) is 11.9. The first kappa shape index (κ1) is 24.3. The van der Waals surface area contributed by atoms with Crippen LogP contribution in [0.25, 0.3) is 0 Å². The Morgan fingerprint density at radius 3 is 2.37 bits per heavy atom. The van der Waals surface area contributed by atoms with Crippen molar-refractivity contribution in [2.45, 2.75) is 83.7 Å². The van der Waals surface area contributed by atoms with Gasteiger partial charge in [-0.1, -0.05) is 63.8 Å². The lowest BCUT2D eigenvalue weighted by atomic mass is 9.94. The molecule has 0 radical (unpaired) electrons. The summed E-state index contributed by atoms with van der Waals surface area (Å²) in [5.41, 5.74) is 2.09. The third-order valence-electron chi connectivity index (χ3n) is 5.48. The van der Waals surface area contributed by atoms with Crippen LogP contribution in [0.15, 0.2) is 36.4 Å². The number of ketones is 1. The zero-order chi connectivity index (χ0) is 21.9. The summed E-state index contributed by atoms with van der Waals surface area (Å²) in [6.07, 6.45) is 8.67. The van der Waals surface area contributed by atoms with Gasteiger partial charge in [-0.15, -0.1) is 11.3 Å². The molecule has 5 heteroatoms. The van der Waals surface area contributed by atoms with E-state index in [9.17, 15) is 14.7 Å². The first-order chi connectivity index (χ1) is 14.5. The van der Waals surface area contributed by atoms with Crippen LogP contribution < -0.4 is 0 Å². The number of hydrogen-bond acceptors (Lipinski definition) is 4. The smallest absolute Gasteiger partial charge is 0.345 e. The number of hydrogen-bond donors (Lipinski definition) is 2. The van der Waals surface area contributed by atoms with Crippen LogP contribution in [0.3, 0.4) is 0 Å². The van der Waals surface area contributed by atoms with Gasteiger partial charge in [0.1, 0.15) is 10.7 Å². The standard InChI is InChI=1S/C17H24O2.C8H10O2S/c1-2-3-4-7-16(18)14-11-9-13(10-12-14)15-6-5-8-17(15)19;1-2-3-6-4-5-7(11-6)8(9)10/h9-12,15-16,18H,2-8H2,1H3;4-5H,2-3H2,1H3,(H,9,10). The number of aliphatic hydroxyl groups is 1. The Morgan fingerprint density at radius 1 is 1.10 bits per heavy atom. The maximum absolute atomic E-state index is 11.7. The molecule has 1 aliphatic carbocycles. The number of carboxylic acids is 1. The molecule has 1 aromatic carbocycles. The van der Waals surface area contributed by atoms with Gasteiger partial charge in [0.2, 0.25) is 0 Å². The van der Waals surface area contributed by atoms with Gasteiger partial charge in [0, 0.05) is 17.2 Å². The first-order valence-electron chi connectivity index (χ1n) is 11.1. The van der Waals surface area contributed by atoms with Gasteiger partial charge in [-0.2, -0.15) is 0 Å². The highest BCUT2D eigenvalue weighted by Crippen LogP contribution is 2.32. The molecule has 2 atom stereocenters. The summed E-state index contributed by atoms with van der Waals surface area (Å²) < 4.78 is 0. The fraction of sp³-hybridized carbons (Fsp3) is 0.520. The van der Waals surface area contributed by atoms with Crippen LogP contribution in [0.2, 0.25) is 0 Å². The molecule has 2 N–H and O–H groups in total. The van der Waals surface area contributed by atoms with Gasteiger partial charge in [-0.25, -0.2) is 4.79 Å². The zero-order valence-corrected chi connectivity index (χ0v) is 18.9. The van der Waals surface area contributed by atoms with Crippen molar-refractivity contribution in [3.63, 3.8) is 0 Å². The summed E-state index contributed by atoms with van der Waals surface area (Å²) in [5.74, 6) is -0.347. The van der Waals surface area contributed by atoms with Crippen molar-refractivity contribution in [3.05, 3.63) is 57.3 Å². The molecule has 0 saturated heterocycles. The van der Waals surface area contributed by atoms with Crippen molar-refractivity contribution in [1.82, 2.24) is 0 Å². The maximum Gasteiger partial charge on any atom is 0.345 e. The Hall–Kier alpha value is -1.98. The van der Waals surface area contributed by atoms with Crippen LogP contribution in [0.5, 0.6) is 0 Å². The Bertz CT molecular complexity index is 794. The normalized spacial score (nSPS) is 16.8. The van der Waals surface area contributed by atoms with Crippen molar-refractivity contribution in [1.29, 1.82) is 0 Å². The molecule has 164 valence electrons. The average Bonchev–Trinajstić information content (AvgIpc) is 3.38. The van der Waals surface area contributed by atoms with Crippen LogP contribution in [0.4, 0.5) is 0 Å². The molecule has 0 amide bonds. The van der Waals surface area contributed by atoms with E-state index >= 15 is 0 Å². The quantitative estimate of drug-likeness (QED) is 0.443. The fourth-order valence-electron chi connectivity index (χ4n) is 3.75. The predicted octanol–water partition coefficient (Wildman–Crippen LogP) is 6.54. The lowest BCUT2D eigenvalue weighted by Gasteiger charge is -2.13. The summed E-state index contributed by atoms with van der Waals surface area (Å²) >= 11 is 1.37. The summed E-state index contributed by atoms with van der Waals surface area (Å²) in [7, 11) is 0. The van der Waals surface area contributed by atoms with Gasteiger partial charge in [0.05, 0.1) is 6.10 Å². The predicted molar refractivity (Wildman–Crippen MR) is 122 cm³/mol. The number of thiophene rings is 1. The Labute approximate surface area is 184 Å². The molecule has 4 nitrogen and oxygen atoms in total. The summed E-state index contributed by atoms with van der Waals surface area (Å²) in [6.45, 7) is 4.25. The molecule has 0 bridgehead atoms. The molecular weight excluding hydrogens is 396 g/mol. The van der Waals surface area contributed by atoms with Crippen LogP contribution in [-0.4, -0.2) is 22.0 Å². The Balaban J connectivity index is 0.000000248. The van der Waals surface area contributed by atoms with E-state index in [-0.39, 0.29) is 12.0 Å². The van der Waals surface area contributed by atoms with Gasteiger partial charge in [0.25, 0.3) is 0 Å². The largest absolute Gasteiger partial charge is 0.477 e. The topological polar surface area (TPSA) is 74.6 Å². The molecule has 1 saturated carbocycles. The highest BCUT2D eigenvalue weighted by Gasteiger charge is 2.25. The number of aromatic carboxylic acids is 1.